The highest BCUT2D eigenvalue weighted by molar-refractivity contribution is 7.89. The van der Waals surface area contributed by atoms with Gasteiger partial charge in [-0.15, -0.1) is 0 Å². The molecule has 1 aromatic carbocycles. The van der Waals surface area contributed by atoms with Gasteiger partial charge in [0.25, 0.3) is 0 Å². The Morgan fingerprint density at radius 2 is 1.75 bits per heavy atom. The average molecular weight is 459 g/mol. The van der Waals surface area contributed by atoms with Crippen LogP contribution in [0.2, 0.25) is 0 Å². The lowest BCUT2D eigenvalue weighted by molar-refractivity contribution is 0.302. The molecule has 0 spiro atoms. The summed E-state index contributed by atoms with van der Waals surface area (Å²) in [5.74, 6) is 0.892. The molecular formula is C23H27FN4O3S. The van der Waals surface area contributed by atoms with Crippen LogP contribution in [0.4, 0.5) is 10.2 Å². The van der Waals surface area contributed by atoms with Crippen molar-refractivity contribution in [2.45, 2.75) is 51.2 Å². The highest BCUT2D eigenvalue weighted by Gasteiger charge is 2.29. The summed E-state index contributed by atoms with van der Waals surface area (Å²) in [6.07, 6.45) is 3.01. The summed E-state index contributed by atoms with van der Waals surface area (Å²) in [7, 11) is -3.62. The summed E-state index contributed by atoms with van der Waals surface area (Å²) < 4.78 is 46.1. The normalized spacial score (nSPS) is 11.9. The Kier molecular flexibility index (Phi) is 7.42. The number of rotatable bonds is 9. The Bertz CT molecular complexity index is 1130. The second-order valence-electron chi connectivity index (χ2n) is 7.82. The van der Waals surface area contributed by atoms with E-state index in [9.17, 15) is 12.8 Å². The van der Waals surface area contributed by atoms with Crippen molar-refractivity contribution >= 4 is 15.8 Å². The van der Waals surface area contributed by atoms with Gasteiger partial charge in [0.15, 0.2) is 0 Å². The highest BCUT2D eigenvalue weighted by atomic mass is 32.2. The van der Waals surface area contributed by atoms with Gasteiger partial charge >= 0.3 is 0 Å². The van der Waals surface area contributed by atoms with Gasteiger partial charge < -0.3 is 10.1 Å². The molecule has 0 aliphatic heterocycles. The number of anilines is 1. The Labute approximate surface area is 188 Å². The maximum Gasteiger partial charge on any atom is 0.245 e. The van der Waals surface area contributed by atoms with Gasteiger partial charge in [0.2, 0.25) is 15.9 Å². The average Bonchev–Trinajstić information content (AvgIpc) is 2.73. The van der Waals surface area contributed by atoms with Crippen molar-refractivity contribution in [2.75, 3.05) is 5.32 Å². The van der Waals surface area contributed by atoms with E-state index in [0.29, 0.717) is 24.0 Å². The van der Waals surface area contributed by atoms with E-state index in [0.717, 1.165) is 5.56 Å². The van der Waals surface area contributed by atoms with Crippen LogP contribution in [0.5, 0.6) is 11.6 Å². The molecule has 0 fully saturated rings. The van der Waals surface area contributed by atoms with Crippen molar-refractivity contribution < 1.29 is 17.5 Å². The third-order valence-electron chi connectivity index (χ3n) is 4.62. The fourth-order valence-corrected chi connectivity index (χ4v) is 5.11. The van der Waals surface area contributed by atoms with Crippen molar-refractivity contribution in [3.63, 3.8) is 0 Å². The zero-order chi connectivity index (χ0) is 23.3. The van der Waals surface area contributed by atoms with Gasteiger partial charge in [-0.1, -0.05) is 12.1 Å². The number of ether oxygens (including phenoxy) is 1. The molecule has 0 atom stereocenters. The lowest BCUT2D eigenvalue weighted by Crippen LogP contribution is -2.41. The molecule has 0 radical (unpaired) electrons. The molecule has 0 saturated heterocycles. The smallest absolute Gasteiger partial charge is 0.245 e. The highest BCUT2D eigenvalue weighted by Crippen LogP contribution is 2.22. The van der Waals surface area contributed by atoms with Crippen molar-refractivity contribution in [3.8, 4) is 11.6 Å². The standard InChI is InChI=1S/C23H27FN4O3S/c1-16(2)28(17(3)4)32(29,30)21-9-10-22(26-15-21)25-13-18-8-11-23(27-14-18)31-20-7-5-6-19(24)12-20/h5-12,14-17H,13H2,1-4H3,(H,25,26). The third kappa shape index (κ3) is 5.80. The predicted molar refractivity (Wildman–Crippen MR) is 122 cm³/mol. The maximum absolute atomic E-state index is 13.2. The molecule has 0 unspecified atom stereocenters. The summed E-state index contributed by atoms with van der Waals surface area (Å²) in [6.45, 7) is 7.84. The zero-order valence-electron chi connectivity index (χ0n) is 18.5. The van der Waals surface area contributed by atoms with E-state index in [1.54, 1.807) is 36.5 Å². The number of halogens is 1. The molecule has 2 heterocycles. The fraction of sp³-hybridized carbons (Fsp3) is 0.304. The number of benzene rings is 1. The third-order valence-corrected chi connectivity index (χ3v) is 6.85. The summed E-state index contributed by atoms with van der Waals surface area (Å²) in [4.78, 5) is 8.63. The van der Waals surface area contributed by atoms with Gasteiger partial charge in [0.1, 0.15) is 22.3 Å². The minimum atomic E-state index is -3.62. The Morgan fingerprint density at radius 3 is 2.31 bits per heavy atom. The molecule has 170 valence electrons. The van der Waals surface area contributed by atoms with Gasteiger partial charge in [0, 0.05) is 43.2 Å². The van der Waals surface area contributed by atoms with Gasteiger partial charge in [-0.3, -0.25) is 0 Å². The number of aromatic nitrogens is 2. The maximum atomic E-state index is 13.2. The van der Waals surface area contributed by atoms with E-state index in [1.165, 1.54) is 22.6 Å². The first-order chi connectivity index (χ1) is 15.2. The first-order valence-electron chi connectivity index (χ1n) is 10.3. The molecule has 3 rings (SSSR count). The molecule has 2 aromatic heterocycles. The van der Waals surface area contributed by atoms with Crippen LogP contribution >= 0.6 is 0 Å². The molecule has 0 bridgehead atoms. The lowest BCUT2D eigenvalue weighted by Gasteiger charge is -2.29. The summed E-state index contributed by atoms with van der Waals surface area (Å²) in [5, 5.41) is 3.14. The largest absolute Gasteiger partial charge is 0.439 e. The minimum Gasteiger partial charge on any atom is -0.439 e. The van der Waals surface area contributed by atoms with Crippen LogP contribution in [0.1, 0.15) is 33.3 Å². The SMILES string of the molecule is CC(C)N(C(C)C)S(=O)(=O)c1ccc(NCc2ccc(Oc3cccc(F)c3)nc2)nc1. The molecule has 1 N–H and O–H groups in total. The summed E-state index contributed by atoms with van der Waals surface area (Å²) >= 11 is 0. The molecule has 32 heavy (non-hydrogen) atoms. The Hall–Kier alpha value is -3.04. The van der Waals surface area contributed by atoms with Gasteiger partial charge in [-0.05, 0) is 57.5 Å². The number of sulfonamides is 1. The molecule has 0 saturated carbocycles. The molecule has 0 aliphatic rings. The first-order valence-corrected chi connectivity index (χ1v) is 11.7. The number of hydrogen-bond acceptors (Lipinski definition) is 6. The van der Waals surface area contributed by atoms with E-state index < -0.39 is 10.0 Å². The van der Waals surface area contributed by atoms with E-state index in [1.807, 2.05) is 33.8 Å². The van der Waals surface area contributed by atoms with Crippen LogP contribution in [-0.2, 0) is 16.6 Å². The van der Waals surface area contributed by atoms with Crippen LogP contribution in [-0.4, -0.2) is 34.8 Å². The molecule has 0 amide bonds. The van der Waals surface area contributed by atoms with Crippen molar-refractivity contribution in [1.29, 1.82) is 0 Å². The zero-order valence-corrected chi connectivity index (χ0v) is 19.3. The lowest BCUT2D eigenvalue weighted by atomic mass is 10.3. The monoisotopic (exact) mass is 458 g/mol. The Morgan fingerprint density at radius 1 is 1.00 bits per heavy atom. The van der Waals surface area contributed by atoms with Crippen LogP contribution in [0.15, 0.2) is 65.8 Å². The van der Waals surface area contributed by atoms with Gasteiger partial charge in [-0.25, -0.2) is 22.8 Å². The van der Waals surface area contributed by atoms with Crippen LogP contribution in [0.25, 0.3) is 0 Å². The van der Waals surface area contributed by atoms with Crippen molar-refractivity contribution in [1.82, 2.24) is 14.3 Å². The van der Waals surface area contributed by atoms with E-state index in [2.05, 4.69) is 15.3 Å². The number of nitrogens with zero attached hydrogens (tertiary/aromatic N) is 3. The van der Waals surface area contributed by atoms with E-state index >= 15 is 0 Å². The van der Waals surface area contributed by atoms with Gasteiger partial charge in [0.05, 0.1) is 0 Å². The van der Waals surface area contributed by atoms with Gasteiger partial charge in [-0.2, -0.15) is 4.31 Å². The minimum absolute atomic E-state index is 0.154. The number of pyridine rings is 2. The van der Waals surface area contributed by atoms with E-state index in [4.69, 9.17) is 4.74 Å². The molecular weight excluding hydrogens is 431 g/mol. The summed E-state index contributed by atoms with van der Waals surface area (Å²) in [6, 6.07) is 12.2. The summed E-state index contributed by atoms with van der Waals surface area (Å²) in [5.41, 5.74) is 0.876. The second-order valence-corrected chi connectivity index (χ2v) is 9.66. The molecule has 3 aromatic rings. The predicted octanol–water partition coefficient (Wildman–Crippen LogP) is 4.83. The second kappa shape index (κ2) is 10.1. The molecule has 7 nitrogen and oxygen atoms in total. The topological polar surface area (TPSA) is 84.4 Å². The van der Waals surface area contributed by atoms with E-state index in [-0.39, 0.29) is 22.8 Å². The first kappa shape index (κ1) is 23.6. The Balaban J connectivity index is 1.61. The number of hydrogen-bond donors (Lipinski definition) is 1. The number of nitrogens with one attached hydrogen (secondary N) is 1. The molecule has 9 heteroatoms. The molecule has 0 aliphatic carbocycles. The van der Waals surface area contributed by atoms with Crippen molar-refractivity contribution in [2.24, 2.45) is 0 Å². The van der Waals surface area contributed by atoms with Crippen molar-refractivity contribution in [3.05, 3.63) is 72.3 Å². The van der Waals surface area contributed by atoms with Crippen LogP contribution in [0.3, 0.4) is 0 Å². The van der Waals surface area contributed by atoms with Crippen LogP contribution < -0.4 is 10.1 Å². The quantitative estimate of drug-likeness (QED) is 0.495. The van der Waals surface area contributed by atoms with Crippen LogP contribution in [0, 0.1) is 5.82 Å². The fourth-order valence-electron chi connectivity index (χ4n) is 3.33.